The molecular formula is C18H13ClN4O3S. The van der Waals surface area contributed by atoms with Crippen LogP contribution in [0.2, 0.25) is 5.02 Å². The van der Waals surface area contributed by atoms with E-state index in [1.165, 1.54) is 18.5 Å². The largest absolute Gasteiger partial charge is 0.312 e. The number of benzene rings is 2. The zero-order valence-electron chi connectivity index (χ0n) is 13.8. The molecule has 0 unspecified atom stereocenters. The minimum absolute atomic E-state index is 0.00597. The molecule has 2 aromatic carbocycles. The van der Waals surface area contributed by atoms with Crippen molar-refractivity contribution in [2.24, 2.45) is 5.14 Å². The number of nitrogens with zero attached hydrogens (tertiary/aromatic N) is 2. The summed E-state index contributed by atoms with van der Waals surface area (Å²) in [6, 6.07) is 13.1. The molecule has 0 amide bonds. The predicted molar refractivity (Wildman–Crippen MR) is 104 cm³/mol. The molecule has 7 nitrogen and oxygen atoms in total. The van der Waals surface area contributed by atoms with Crippen molar-refractivity contribution in [3.8, 4) is 16.8 Å². The monoisotopic (exact) mass is 400 g/mol. The van der Waals surface area contributed by atoms with Crippen molar-refractivity contribution in [1.29, 1.82) is 0 Å². The Morgan fingerprint density at radius 2 is 1.70 bits per heavy atom. The Balaban J connectivity index is 1.96. The molecule has 0 fully saturated rings. The summed E-state index contributed by atoms with van der Waals surface area (Å²) < 4.78 is 24.6. The van der Waals surface area contributed by atoms with Crippen molar-refractivity contribution in [3.63, 3.8) is 0 Å². The molecule has 0 spiro atoms. The molecule has 0 atom stereocenters. The molecule has 0 aliphatic heterocycles. The number of halogens is 1. The van der Waals surface area contributed by atoms with Crippen molar-refractivity contribution in [3.05, 3.63) is 76.4 Å². The van der Waals surface area contributed by atoms with Crippen molar-refractivity contribution in [2.75, 3.05) is 0 Å². The van der Waals surface area contributed by atoms with E-state index < -0.39 is 10.0 Å². The Bertz CT molecular complexity index is 1310. The van der Waals surface area contributed by atoms with Gasteiger partial charge in [0, 0.05) is 22.5 Å². The van der Waals surface area contributed by atoms with Crippen LogP contribution < -0.4 is 10.7 Å². The van der Waals surface area contributed by atoms with Crippen LogP contribution in [0.15, 0.2) is 70.7 Å². The standard InChI is InChI=1S/C18H13ClN4O3S/c19-12-3-1-11(2-4-12)15-9-23(17-16(15)18(24)22-10-21-17)13-5-7-14(8-6-13)27(20,25)26/h1-10H,(H2,20,25,26)(H,21,22,24). The number of hydrogen-bond acceptors (Lipinski definition) is 4. The predicted octanol–water partition coefficient (Wildman–Crippen LogP) is 2.68. The van der Waals surface area contributed by atoms with Gasteiger partial charge in [-0.1, -0.05) is 23.7 Å². The van der Waals surface area contributed by atoms with Crippen LogP contribution in [-0.2, 0) is 10.0 Å². The number of primary sulfonamides is 1. The van der Waals surface area contributed by atoms with Crippen LogP contribution in [0.1, 0.15) is 0 Å². The number of sulfonamides is 1. The summed E-state index contributed by atoms with van der Waals surface area (Å²) in [7, 11) is -3.79. The maximum absolute atomic E-state index is 12.4. The zero-order valence-corrected chi connectivity index (χ0v) is 15.3. The number of rotatable bonds is 3. The zero-order chi connectivity index (χ0) is 19.2. The fourth-order valence-corrected chi connectivity index (χ4v) is 3.55. The van der Waals surface area contributed by atoms with Gasteiger partial charge in [0.25, 0.3) is 5.56 Å². The molecule has 0 saturated heterocycles. The maximum Gasteiger partial charge on any atom is 0.260 e. The number of nitrogens with one attached hydrogen (secondary N) is 1. The van der Waals surface area contributed by atoms with Crippen LogP contribution in [-0.4, -0.2) is 23.0 Å². The summed E-state index contributed by atoms with van der Waals surface area (Å²) in [5.41, 5.74) is 2.32. The number of hydrogen-bond donors (Lipinski definition) is 2. The highest BCUT2D eigenvalue weighted by molar-refractivity contribution is 7.89. The number of aromatic amines is 1. The second-order valence-corrected chi connectivity index (χ2v) is 7.89. The van der Waals surface area contributed by atoms with E-state index in [1.54, 1.807) is 35.0 Å². The first-order valence-corrected chi connectivity index (χ1v) is 9.75. The maximum atomic E-state index is 12.4. The Labute approximate surface area is 159 Å². The van der Waals surface area contributed by atoms with Gasteiger partial charge >= 0.3 is 0 Å². The first-order chi connectivity index (χ1) is 12.8. The van der Waals surface area contributed by atoms with Gasteiger partial charge in [-0.15, -0.1) is 0 Å². The van der Waals surface area contributed by atoms with Gasteiger partial charge in [0.05, 0.1) is 16.6 Å². The van der Waals surface area contributed by atoms with E-state index in [4.69, 9.17) is 16.7 Å². The van der Waals surface area contributed by atoms with E-state index >= 15 is 0 Å². The Hall–Kier alpha value is -2.94. The third kappa shape index (κ3) is 3.14. The Kier molecular flexibility index (Phi) is 4.11. The van der Waals surface area contributed by atoms with Gasteiger partial charge in [-0.3, -0.25) is 4.79 Å². The van der Waals surface area contributed by atoms with Crippen LogP contribution in [0.25, 0.3) is 27.8 Å². The summed E-state index contributed by atoms with van der Waals surface area (Å²) in [4.78, 5) is 19.3. The lowest BCUT2D eigenvalue weighted by atomic mass is 10.1. The van der Waals surface area contributed by atoms with Gasteiger partial charge < -0.3 is 9.55 Å². The average Bonchev–Trinajstić information content (AvgIpc) is 3.03. The van der Waals surface area contributed by atoms with Gasteiger partial charge in [0.2, 0.25) is 10.0 Å². The molecule has 0 aliphatic carbocycles. The smallest absolute Gasteiger partial charge is 0.260 e. The van der Waals surface area contributed by atoms with Crippen LogP contribution in [0.5, 0.6) is 0 Å². The fourth-order valence-electron chi connectivity index (χ4n) is 2.91. The molecule has 2 aromatic heterocycles. The van der Waals surface area contributed by atoms with Gasteiger partial charge in [-0.2, -0.15) is 0 Å². The van der Waals surface area contributed by atoms with Crippen molar-refractivity contribution < 1.29 is 8.42 Å². The number of H-pyrrole nitrogens is 1. The third-order valence-electron chi connectivity index (χ3n) is 4.19. The summed E-state index contributed by atoms with van der Waals surface area (Å²) >= 11 is 5.96. The second kappa shape index (κ2) is 6.34. The van der Waals surface area contributed by atoms with E-state index in [0.29, 0.717) is 27.3 Å². The molecule has 2 heterocycles. The molecule has 136 valence electrons. The lowest BCUT2D eigenvalue weighted by Crippen LogP contribution is -2.12. The normalized spacial score (nSPS) is 11.8. The van der Waals surface area contributed by atoms with E-state index in [9.17, 15) is 13.2 Å². The van der Waals surface area contributed by atoms with Crippen molar-refractivity contribution in [2.45, 2.75) is 4.90 Å². The Morgan fingerprint density at radius 3 is 2.33 bits per heavy atom. The molecular weight excluding hydrogens is 388 g/mol. The topological polar surface area (TPSA) is 111 Å². The molecule has 3 N–H and O–H groups in total. The lowest BCUT2D eigenvalue weighted by molar-refractivity contribution is 0.598. The summed E-state index contributed by atoms with van der Waals surface area (Å²) in [5, 5.41) is 6.16. The highest BCUT2D eigenvalue weighted by atomic mass is 35.5. The molecule has 0 radical (unpaired) electrons. The minimum atomic E-state index is -3.79. The van der Waals surface area contributed by atoms with Crippen molar-refractivity contribution >= 4 is 32.7 Å². The molecule has 0 aliphatic rings. The summed E-state index contributed by atoms with van der Waals surface area (Å²) in [5.74, 6) is 0. The van der Waals surface area contributed by atoms with Crippen LogP contribution >= 0.6 is 11.6 Å². The fraction of sp³-hybridized carbons (Fsp3) is 0. The SMILES string of the molecule is NS(=O)(=O)c1ccc(-n2cc(-c3ccc(Cl)cc3)c3c(=O)[nH]cnc32)cc1. The quantitative estimate of drug-likeness (QED) is 0.550. The molecule has 9 heteroatoms. The highest BCUT2D eigenvalue weighted by Crippen LogP contribution is 2.30. The molecule has 4 aromatic rings. The van der Waals surface area contributed by atoms with Gasteiger partial charge in [0.15, 0.2) is 5.65 Å². The lowest BCUT2D eigenvalue weighted by Gasteiger charge is -2.05. The molecule has 0 bridgehead atoms. The first-order valence-electron chi connectivity index (χ1n) is 7.82. The van der Waals surface area contributed by atoms with E-state index in [-0.39, 0.29) is 10.5 Å². The number of nitrogens with two attached hydrogens (primary N) is 1. The Morgan fingerprint density at radius 1 is 1.04 bits per heavy atom. The number of fused-ring (bicyclic) bond motifs is 1. The van der Waals surface area contributed by atoms with E-state index in [1.807, 2.05) is 12.1 Å². The third-order valence-corrected chi connectivity index (χ3v) is 5.37. The van der Waals surface area contributed by atoms with Gasteiger partial charge in [0.1, 0.15) is 0 Å². The summed E-state index contributed by atoms with van der Waals surface area (Å²) in [6.45, 7) is 0. The molecule has 0 saturated carbocycles. The van der Waals surface area contributed by atoms with Gasteiger partial charge in [-0.25, -0.2) is 18.5 Å². The van der Waals surface area contributed by atoms with E-state index in [0.717, 1.165) is 5.56 Å². The first kappa shape index (κ1) is 17.5. The second-order valence-electron chi connectivity index (χ2n) is 5.89. The number of aromatic nitrogens is 3. The summed E-state index contributed by atoms with van der Waals surface area (Å²) in [6.07, 6.45) is 3.10. The minimum Gasteiger partial charge on any atom is -0.312 e. The van der Waals surface area contributed by atoms with Gasteiger partial charge in [-0.05, 0) is 42.0 Å². The molecule has 27 heavy (non-hydrogen) atoms. The van der Waals surface area contributed by atoms with Crippen LogP contribution in [0.3, 0.4) is 0 Å². The highest BCUT2D eigenvalue weighted by Gasteiger charge is 2.16. The van der Waals surface area contributed by atoms with Crippen LogP contribution in [0.4, 0.5) is 0 Å². The van der Waals surface area contributed by atoms with E-state index in [2.05, 4.69) is 9.97 Å². The molecule has 4 rings (SSSR count). The average molecular weight is 401 g/mol. The van der Waals surface area contributed by atoms with Crippen molar-refractivity contribution in [1.82, 2.24) is 14.5 Å². The van der Waals surface area contributed by atoms with Crippen LogP contribution in [0, 0.1) is 0 Å².